The Morgan fingerprint density at radius 2 is 1.95 bits per heavy atom. The molecule has 19 heavy (non-hydrogen) atoms. The summed E-state index contributed by atoms with van der Waals surface area (Å²) < 4.78 is 10.4. The first-order chi connectivity index (χ1) is 9.19. The average molecular weight is 259 g/mol. The highest BCUT2D eigenvalue weighted by Gasteiger charge is 2.09. The first-order valence-corrected chi connectivity index (χ1v) is 5.49. The zero-order valence-corrected chi connectivity index (χ0v) is 10.6. The van der Waals surface area contributed by atoms with Crippen molar-refractivity contribution in [3.05, 3.63) is 30.0 Å². The van der Waals surface area contributed by atoms with E-state index in [0.717, 1.165) is 5.56 Å². The van der Waals surface area contributed by atoms with Gasteiger partial charge in [-0.1, -0.05) is 0 Å². The van der Waals surface area contributed by atoms with E-state index in [-0.39, 0.29) is 11.4 Å². The van der Waals surface area contributed by atoms with E-state index in [1.54, 1.807) is 32.4 Å². The van der Waals surface area contributed by atoms with Crippen molar-refractivity contribution in [1.29, 1.82) is 0 Å². The maximum atomic E-state index is 10.7. The molecule has 1 heterocycles. The molecule has 2 N–H and O–H groups in total. The first kappa shape index (κ1) is 12.8. The third-order valence-electron chi connectivity index (χ3n) is 2.62. The van der Waals surface area contributed by atoms with Crippen molar-refractivity contribution in [2.24, 2.45) is 0 Å². The van der Waals surface area contributed by atoms with Crippen molar-refractivity contribution >= 4 is 12.1 Å². The van der Waals surface area contributed by atoms with Gasteiger partial charge in [-0.3, -0.25) is 4.79 Å². The summed E-state index contributed by atoms with van der Waals surface area (Å²) in [7, 11) is 3.11. The van der Waals surface area contributed by atoms with Crippen molar-refractivity contribution in [2.45, 2.75) is 0 Å². The maximum absolute atomic E-state index is 10.7. The molecule has 0 saturated heterocycles. The van der Waals surface area contributed by atoms with Crippen LogP contribution in [0.1, 0.15) is 10.4 Å². The van der Waals surface area contributed by atoms with Gasteiger partial charge in [0.25, 0.3) is 0 Å². The molecule has 0 aliphatic heterocycles. The second-order valence-corrected chi connectivity index (χ2v) is 3.72. The zero-order chi connectivity index (χ0) is 13.8. The van der Waals surface area contributed by atoms with Crippen LogP contribution in [0.2, 0.25) is 0 Å². The number of methoxy groups -OCH3 is 2. The van der Waals surface area contributed by atoms with Crippen molar-refractivity contribution in [1.82, 2.24) is 9.97 Å². The lowest BCUT2D eigenvalue weighted by atomic mass is 10.2. The Hall–Kier alpha value is -2.63. The van der Waals surface area contributed by atoms with Gasteiger partial charge in [0, 0.05) is 11.8 Å². The molecule has 0 radical (unpaired) electrons. The smallest absolute Gasteiger partial charge is 0.161 e. The number of carbonyl (C=O) groups excluding carboxylic acids is 1. The third kappa shape index (κ3) is 2.47. The van der Waals surface area contributed by atoms with E-state index in [2.05, 4.69) is 9.97 Å². The summed E-state index contributed by atoms with van der Waals surface area (Å²) in [6, 6.07) is 5.28. The Morgan fingerprint density at radius 1 is 1.21 bits per heavy atom. The summed E-state index contributed by atoms with van der Waals surface area (Å²) in [5.74, 6) is 1.75. The summed E-state index contributed by atoms with van der Waals surface area (Å²) in [6.45, 7) is 0. The van der Waals surface area contributed by atoms with Crippen LogP contribution in [0.4, 0.5) is 5.82 Å². The van der Waals surface area contributed by atoms with Gasteiger partial charge in [0.15, 0.2) is 23.6 Å². The van der Waals surface area contributed by atoms with Gasteiger partial charge in [-0.2, -0.15) is 0 Å². The topological polar surface area (TPSA) is 87.3 Å². The van der Waals surface area contributed by atoms with Gasteiger partial charge in [-0.05, 0) is 18.2 Å². The number of rotatable bonds is 4. The molecule has 0 amide bonds. The molecule has 0 aliphatic carbocycles. The quantitative estimate of drug-likeness (QED) is 0.838. The number of nitrogen functional groups attached to an aromatic ring is 1. The molecule has 6 nitrogen and oxygen atoms in total. The van der Waals surface area contributed by atoms with Crippen molar-refractivity contribution in [3.63, 3.8) is 0 Å². The van der Waals surface area contributed by atoms with E-state index in [0.29, 0.717) is 23.6 Å². The SMILES string of the molecule is COc1ccc(-c2ncc(C=O)c(N)n2)cc1OC. The van der Waals surface area contributed by atoms with E-state index >= 15 is 0 Å². The number of anilines is 1. The number of aromatic nitrogens is 2. The molecule has 0 aliphatic rings. The van der Waals surface area contributed by atoms with Crippen LogP contribution in [0.5, 0.6) is 11.5 Å². The van der Waals surface area contributed by atoms with Crippen LogP contribution in [-0.4, -0.2) is 30.5 Å². The highest BCUT2D eigenvalue weighted by atomic mass is 16.5. The highest BCUT2D eigenvalue weighted by Crippen LogP contribution is 2.31. The molecular weight excluding hydrogens is 246 g/mol. The molecule has 98 valence electrons. The minimum Gasteiger partial charge on any atom is -0.493 e. The molecule has 0 bridgehead atoms. The van der Waals surface area contributed by atoms with Crippen molar-refractivity contribution < 1.29 is 14.3 Å². The molecule has 0 atom stereocenters. The Labute approximate surface area is 110 Å². The Morgan fingerprint density at radius 3 is 2.53 bits per heavy atom. The zero-order valence-electron chi connectivity index (χ0n) is 10.6. The van der Waals surface area contributed by atoms with E-state index in [4.69, 9.17) is 15.2 Å². The van der Waals surface area contributed by atoms with Gasteiger partial charge in [0.1, 0.15) is 5.82 Å². The fourth-order valence-corrected chi connectivity index (χ4v) is 1.61. The maximum Gasteiger partial charge on any atom is 0.161 e. The lowest BCUT2D eigenvalue weighted by Crippen LogP contribution is -2.01. The second-order valence-electron chi connectivity index (χ2n) is 3.72. The summed E-state index contributed by atoms with van der Waals surface area (Å²) in [4.78, 5) is 18.8. The van der Waals surface area contributed by atoms with Gasteiger partial charge in [0.2, 0.25) is 0 Å². The second kappa shape index (κ2) is 5.34. The fourth-order valence-electron chi connectivity index (χ4n) is 1.61. The molecule has 0 spiro atoms. The van der Waals surface area contributed by atoms with Gasteiger partial charge < -0.3 is 15.2 Å². The molecular formula is C13H13N3O3. The number of hydrogen-bond acceptors (Lipinski definition) is 6. The highest BCUT2D eigenvalue weighted by molar-refractivity contribution is 5.81. The largest absolute Gasteiger partial charge is 0.493 e. The molecule has 0 fully saturated rings. The minimum atomic E-state index is 0.148. The summed E-state index contributed by atoms with van der Waals surface area (Å²) in [5, 5.41) is 0. The predicted octanol–water partition coefficient (Wildman–Crippen LogP) is 1.56. The van der Waals surface area contributed by atoms with Crippen LogP contribution in [0, 0.1) is 0 Å². The predicted molar refractivity (Wildman–Crippen MR) is 70.4 cm³/mol. The molecule has 0 unspecified atom stereocenters. The molecule has 1 aromatic carbocycles. The van der Waals surface area contributed by atoms with E-state index in [1.807, 2.05) is 0 Å². The van der Waals surface area contributed by atoms with E-state index < -0.39 is 0 Å². The summed E-state index contributed by atoms with van der Waals surface area (Å²) in [6.07, 6.45) is 2.01. The number of carbonyl (C=O) groups is 1. The lowest BCUT2D eigenvalue weighted by Gasteiger charge is -2.09. The molecule has 2 rings (SSSR count). The normalized spacial score (nSPS) is 10.0. The average Bonchev–Trinajstić information content (AvgIpc) is 2.46. The van der Waals surface area contributed by atoms with Crippen molar-refractivity contribution in [3.8, 4) is 22.9 Å². The minimum absolute atomic E-state index is 0.148. The standard InChI is InChI=1S/C13H13N3O3/c1-18-10-4-3-8(5-11(10)19-2)13-15-6-9(7-17)12(14)16-13/h3-7H,1-2H3,(H2,14,15,16). The van der Waals surface area contributed by atoms with Gasteiger partial charge in [-0.25, -0.2) is 9.97 Å². The fraction of sp³-hybridized carbons (Fsp3) is 0.154. The van der Waals surface area contributed by atoms with E-state index in [1.165, 1.54) is 6.20 Å². The summed E-state index contributed by atoms with van der Waals surface area (Å²) in [5.41, 5.74) is 6.65. The van der Waals surface area contributed by atoms with Crippen molar-refractivity contribution in [2.75, 3.05) is 20.0 Å². The van der Waals surface area contributed by atoms with Crippen LogP contribution in [0.25, 0.3) is 11.4 Å². The molecule has 0 saturated carbocycles. The number of nitrogens with zero attached hydrogens (tertiary/aromatic N) is 2. The van der Waals surface area contributed by atoms with Gasteiger partial charge in [0.05, 0.1) is 19.8 Å². The van der Waals surface area contributed by atoms with Crippen LogP contribution in [0.15, 0.2) is 24.4 Å². The number of benzene rings is 1. The Kier molecular flexibility index (Phi) is 3.61. The molecule has 2 aromatic rings. The first-order valence-electron chi connectivity index (χ1n) is 5.49. The molecule has 6 heteroatoms. The van der Waals surface area contributed by atoms with Crippen LogP contribution >= 0.6 is 0 Å². The monoisotopic (exact) mass is 259 g/mol. The molecule has 1 aromatic heterocycles. The Balaban J connectivity index is 2.47. The number of hydrogen-bond donors (Lipinski definition) is 1. The number of nitrogens with two attached hydrogens (primary N) is 1. The number of aldehydes is 1. The van der Waals surface area contributed by atoms with Crippen LogP contribution in [-0.2, 0) is 0 Å². The van der Waals surface area contributed by atoms with Gasteiger partial charge in [-0.15, -0.1) is 0 Å². The van der Waals surface area contributed by atoms with E-state index in [9.17, 15) is 4.79 Å². The lowest BCUT2D eigenvalue weighted by molar-refractivity contribution is 0.112. The summed E-state index contributed by atoms with van der Waals surface area (Å²) >= 11 is 0. The Bertz CT molecular complexity index is 614. The van der Waals surface area contributed by atoms with Crippen LogP contribution in [0.3, 0.4) is 0 Å². The van der Waals surface area contributed by atoms with Crippen LogP contribution < -0.4 is 15.2 Å². The number of ether oxygens (including phenoxy) is 2. The van der Waals surface area contributed by atoms with Gasteiger partial charge >= 0.3 is 0 Å². The third-order valence-corrected chi connectivity index (χ3v) is 2.62.